The third-order valence-electron chi connectivity index (χ3n) is 3.38. The van der Waals surface area contributed by atoms with E-state index in [0.29, 0.717) is 6.54 Å². The van der Waals surface area contributed by atoms with Gasteiger partial charge in [-0.3, -0.25) is 4.79 Å². The standard InChI is InChI=1S/C18H20BrNO/c1-3-12-20(13-15-10-8-14(2)9-11-15)18(21)16-6-4-5-7-17(16)19/h4-11H,3,12-13H2,1-2H3. The molecule has 1 amide bonds. The smallest absolute Gasteiger partial charge is 0.255 e. The minimum Gasteiger partial charge on any atom is -0.334 e. The quantitative estimate of drug-likeness (QED) is 0.761. The summed E-state index contributed by atoms with van der Waals surface area (Å²) in [4.78, 5) is 14.6. The summed E-state index contributed by atoms with van der Waals surface area (Å²) >= 11 is 3.46. The molecule has 0 bridgehead atoms. The predicted molar refractivity (Wildman–Crippen MR) is 90.4 cm³/mol. The average Bonchev–Trinajstić information content (AvgIpc) is 2.49. The fraction of sp³-hybridized carbons (Fsp3) is 0.278. The van der Waals surface area contributed by atoms with E-state index in [2.05, 4.69) is 54.0 Å². The molecule has 0 saturated carbocycles. The second-order valence-electron chi connectivity index (χ2n) is 5.19. The molecule has 0 radical (unpaired) electrons. The topological polar surface area (TPSA) is 20.3 Å². The number of aryl methyl sites for hydroxylation is 1. The number of rotatable bonds is 5. The minimum absolute atomic E-state index is 0.0740. The largest absolute Gasteiger partial charge is 0.334 e. The van der Waals surface area contributed by atoms with Crippen LogP contribution >= 0.6 is 15.9 Å². The van der Waals surface area contributed by atoms with Crippen molar-refractivity contribution in [3.63, 3.8) is 0 Å². The highest BCUT2D eigenvalue weighted by molar-refractivity contribution is 9.10. The van der Waals surface area contributed by atoms with Crippen molar-refractivity contribution >= 4 is 21.8 Å². The van der Waals surface area contributed by atoms with E-state index in [1.165, 1.54) is 5.56 Å². The van der Waals surface area contributed by atoms with Gasteiger partial charge in [-0.25, -0.2) is 0 Å². The molecule has 0 aliphatic heterocycles. The first-order valence-corrected chi connectivity index (χ1v) is 8.00. The second kappa shape index (κ2) is 7.41. The summed E-state index contributed by atoms with van der Waals surface area (Å²) in [6.07, 6.45) is 0.946. The Morgan fingerprint density at radius 1 is 1.10 bits per heavy atom. The van der Waals surface area contributed by atoms with Crippen LogP contribution in [0.5, 0.6) is 0 Å². The van der Waals surface area contributed by atoms with Gasteiger partial charge in [-0.1, -0.05) is 48.9 Å². The number of carbonyl (C=O) groups excluding carboxylic acids is 1. The van der Waals surface area contributed by atoms with Crippen molar-refractivity contribution in [3.8, 4) is 0 Å². The molecule has 110 valence electrons. The number of nitrogens with zero attached hydrogens (tertiary/aromatic N) is 1. The molecule has 0 aliphatic rings. The van der Waals surface area contributed by atoms with Crippen LogP contribution in [-0.4, -0.2) is 17.4 Å². The monoisotopic (exact) mass is 345 g/mol. The number of amides is 1. The van der Waals surface area contributed by atoms with E-state index >= 15 is 0 Å². The fourth-order valence-electron chi connectivity index (χ4n) is 2.24. The zero-order valence-corrected chi connectivity index (χ0v) is 14.1. The second-order valence-corrected chi connectivity index (χ2v) is 6.05. The summed E-state index contributed by atoms with van der Waals surface area (Å²) < 4.78 is 0.847. The average molecular weight is 346 g/mol. The summed E-state index contributed by atoms with van der Waals surface area (Å²) in [7, 11) is 0. The number of benzene rings is 2. The van der Waals surface area contributed by atoms with Crippen LogP contribution in [-0.2, 0) is 6.54 Å². The highest BCUT2D eigenvalue weighted by Crippen LogP contribution is 2.19. The maximum absolute atomic E-state index is 12.7. The van der Waals surface area contributed by atoms with E-state index in [0.717, 1.165) is 28.6 Å². The van der Waals surface area contributed by atoms with Crippen LogP contribution in [0.25, 0.3) is 0 Å². The van der Waals surface area contributed by atoms with Gasteiger partial charge in [-0.05, 0) is 47.0 Å². The molecule has 0 saturated heterocycles. The van der Waals surface area contributed by atoms with E-state index in [1.54, 1.807) is 0 Å². The zero-order chi connectivity index (χ0) is 15.2. The minimum atomic E-state index is 0.0740. The molecule has 0 heterocycles. The lowest BCUT2D eigenvalue weighted by molar-refractivity contribution is 0.0742. The van der Waals surface area contributed by atoms with Crippen molar-refractivity contribution in [2.45, 2.75) is 26.8 Å². The number of hydrogen-bond donors (Lipinski definition) is 0. The maximum Gasteiger partial charge on any atom is 0.255 e. The summed E-state index contributed by atoms with van der Waals surface area (Å²) in [5, 5.41) is 0. The van der Waals surface area contributed by atoms with Crippen LogP contribution < -0.4 is 0 Å². The Morgan fingerprint density at radius 3 is 2.38 bits per heavy atom. The molecule has 0 fully saturated rings. The summed E-state index contributed by atoms with van der Waals surface area (Å²) in [6, 6.07) is 15.9. The van der Waals surface area contributed by atoms with Gasteiger partial charge in [0.15, 0.2) is 0 Å². The Kier molecular flexibility index (Phi) is 5.57. The van der Waals surface area contributed by atoms with Gasteiger partial charge in [0.2, 0.25) is 0 Å². The lowest BCUT2D eigenvalue weighted by Gasteiger charge is -2.23. The Hall–Kier alpha value is -1.61. The van der Waals surface area contributed by atoms with Crippen LogP contribution in [0, 0.1) is 6.92 Å². The van der Waals surface area contributed by atoms with Crippen molar-refractivity contribution in [2.24, 2.45) is 0 Å². The van der Waals surface area contributed by atoms with Crippen molar-refractivity contribution in [2.75, 3.05) is 6.54 Å². The van der Waals surface area contributed by atoms with Gasteiger partial charge in [-0.15, -0.1) is 0 Å². The molecule has 2 rings (SSSR count). The van der Waals surface area contributed by atoms with Crippen LogP contribution in [0.2, 0.25) is 0 Å². The molecule has 0 unspecified atom stereocenters. The molecule has 3 heteroatoms. The van der Waals surface area contributed by atoms with E-state index in [9.17, 15) is 4.79 Å². The van der Waals surface area contributed by atoms with E-state index < -0.39 is 0 Å². The molecular formula is C18H20BrNO. The van der Waals surface area contributed by atoms with Gasteiger partial charge in [0.05, 0.1) is 5.56 Å². The molecule has 2 aromatic carbocycles. The SMILES string of the molecule is CCCN(Cc1ccc(C)cc1)C(=O)c1ccccc1Br. The Labute approximate surface area is 134 Å². The number of carbonyl (C=O) groups is 1. The molecule has 0 aliphatic carbocycles. The molecule has 0 atom stereocenters. The van der Waals surface area contributed by atoms with Crippen molar-refractivity contribution in [3.05, 3.63) is 69.7 Å². The van der Waals surface area contributed by atoms with Gasteiger partial charge in [0.1, 0.15) is 0 Å². The fourth-order valence-corrected chi connectivity index (χ4v) is 2.70. The molecule has 0 aromatic heterocycles. The van der Waals surface area contributed by atoms with Gasteiger partial charge in [0.25, 0.3) is 5.91 Å². The highest BCUT2D eigenvalue weighted by Gasteiger charge is 2.17. The van der Waals surface area contributed by atoms with E-state index in [4.69, 9.17) is 0 Å². The molecule has 21 heavy (non-hydrogen) atoms. The van der Waals surface area contributed by atoms with Crippen LogP contribution in [0.15, 0.2) is 53.0 Å². The van der Waals surface area contributed by atoms with Crippen molar-refractivity contribution in [1.29, 1.82) is 0 Å². The molecule has 2 nitrogen and oxygen atoms in total. The Bertz CT molecular complexity index is 607. The van der Waals surface area contributed by atoms with Crippen molar-refractivity contribution < 1.29 is 4.79 Å². The molecule has 0 N–H and O–H groups in total. The Morgan fingerprint density at radius 2 is 1.76 bits per heavy atom. The zero-order valence-electron chi connectivity index (χ0n) is 12.5. The summed E-state index contributed by atoms with van der Waals surface area (Å²) in [5.74, 6) is 0.0740. The lowest BCUT2D eigenvalue weighted by Crippen LogP contribution is -2.31. The molecule has 0 spiro atoms. The van der Waals surface area contributed by atoms with Crippen LogP contribution in [0.1, 0.15) is 34.8 Å². The van der Waals surface area contributed by atoms with Gasteiger partial charge >= 0.3 is 0 Å². The normalized spacial score (nSPS) is 10.4. The van der Waals surface area contributed by atoms with Crippen molar-refractivity contribution in [1.82, 2.24) is 4.90 Å². The Balaban J connectivity index is 2.20. The highest BCUT2D eigenvalue weighted by atomic mass is 79.9. The lowest BCUT2D eigenvalue weighted by atomic mass is 10.1. The maximum atomic E-state index is 12.7. The number of hydrogen-bond acceptors (Lipinski definition) is 1. The van der Waals surface area contributed by atoms with Crippen LogP contribution in [0.4, 0.5) is 0 Å². The first-order valence-electron chi connectivity index (χ1n) is 7.21. The van der Waals surface area contributed by atoms with E-state index in [-0.39, 0.29) is 5.91 Å². The van der Waals surface area contributed by atoms with Crippen LogP contribution in [0.3, 0.4) is 0 Å². The summed E-state index contributed by atoms with van der Waals surface area (Å²) in [5.41, 5.74) is 3.12. The summed E-state index contributed by atoms with van der Waals surface area (Å²) in [6.45, 7) is 5.57. The first-order chi connectivity index (χ1) is 10.1. The number of halogens is 1. The first kappa shape index (κ1) is 15.8. The predicted octanol–water partition coefficient (Wildman–Crippen LogP) is 4.81. The van der Waals surface area contributed by atoms with E-state index in [1.807, 2.05) is 29.2 Å². The third kappa shape index (κ3) is 4.18. The van der Waals surface area contributed by atoms with Gasteiger partial charge < -0.3 is 4.90 Å². The molecular weight excluding hydrogens is 326 g/mol. The van der Waals surface area contributed by atoms with Gasteiger partial charge in [-0.2, -0.15) is 0 Å². The third-order valence-corrected chi connectivity index (χ3v) is 4.07. The van der Waals surface area contributed by atoms with Gasteiger partial charge in [0, 0.05) is 17.6 Å². The molecule has 2 aromatic rings.